The van der Waals surface area contributed by atoms with E-state index in [9.17, 15) is 0 Å². The highest BCUT2D eigenvalue weighted by molar-refractivity contribution is 6.13. The lowest BCUT2D eigenvalue weighted by Crippen LogP contribution is -2.06. The fourth-order valence-electron chi connectivity index (χ4n) is 3.49. The van der Waals surface area contributed by atoms with E-state index in [1.165, 1.54) is 16.7 Å². The maximum absolute atomic E-state index is 5.26. The van der Waals surface area contributed by atoms with Gasteiger partial charge in [0.25, 0.3) is 0 Å². The first-order valence-electron chi connectivity index (χ1n) is 10.3. The third-order valence-corrected chi connectivity index (χ3v) is 5.15. The molecule has 0 fully saturated rings. The van der Waals surface area contributed by atoms with Gasteiger partial charge in [0.1, 0.15) is 0 Å². The fraction of sp³-hybridized carbons (Fsp3) is 0.0690. The van der Waals surface area contributed by atoms with Crippen molar-refractivity contribution < 1.29 is 0 Å². The molecule has 0 N–H and O–H groups in total. The second-order valence-corrected chi connectivity index (χ2v) is 7.28. The monoisotopic (exact) mass is 387 g/mol. The Morgan fingerprint density at radius 2 is 1.13 bits per heavy atom. The Bertz CT molecular complexity index is 1090. The van der Waals surface area contributed by atoms with Gasteiger partial charge < -0.3 is 0 Å². The van der Waals surface area contributed by atoms with E-state index in [4.69, 9.17) is 4.99 Å². The van der Waals surface area contributed by atoms with Crippen molar-refractivity contribution in [3.05, 3.63) is 149 Å². The molecule has 0 aliphatic carbocycles. The van der Waals surface area contributed by atoms with Crippen molar-refractivity contribution >= 4 is 11.8 Å². The van der Waals surface area contributed by atoms with E-state index in [1.807, 2.05) is 18.2 Å². The molecular weight excluding hydrogens is 362 g/mol. The number of hydrogen-bond donors (Lipinski definition) is 0. The second kappa shape index (κ2) is 9.67. The first kappa shape index (κ1) is 19.6. The molecule has 4 rings (SSSR count). The molecule has 30 heavy (non-hydrogen) atoms. The average molecular weight is 388 g/mol. The molecule has 146 valence electrons. The zero-order valence-electron chi connectivity index (χ0n) is 17.1. The van der Waals surface area contributed by atoms with Gasteiger partial charge in [-0.3, -0.25) is 4.99 Å². The number of rotatable bonds is 6. The largest absolute Gasteiger partial charge is 0.272 e. The summed E-state index contributed by atoms with van der Waals surface area (Å²) in [6.07, 6.45) is 4.38. The molecule has 0 saturated carbocycles. The van der Waals surface area contributed by atoms with Gasteiger partial charge in [-0.15, -0.1) is 0 Å². The summed E-state index contributed by atoms with van der Waals surface area (Å²) < 4.78 is 0. The van der Waals surface area contributed by atoms with E-state index < -0.39 is 0 Å². The maximum atomic E-state index is 5.26. The minimum Gasteiger partial charge on any atom is -0.272 e. The summed E-state index contributed by atoms with van der Waals surface area (Å²) in [6, 6.07) is 39.7. The van der Waals surface area contributed by atoms with E-state index in [0.29, 0.717) is 0 Å². The quantitative estimate of drug-likeness (QED) is 0.308. The fourth-order valence-corrected chi connectivity index (χ4v) is 3.49. The van der Waals surface area contributed by atoms with Gasteiger partial charge in [-0.05, 0) is 23.6 Å². The predicted molar refractivity (Wildman–Crippen MR) is 128 cm³/mol. The van der Waals surface area contributed by atoms with Gasteiger partial charge in [0.05, 0.1) is 11.8 Å². The van der Waals surface area contributed by atoms with Crippen LogP contribution in [0.3, 0.4) is 0 Å². The van der Waals surface area contributed by atoms with Crippen molar-refractivity contribution in [3.63, 3.8) is 0 Å². The lowest BCUT2D eigenvalue weighted by atomic mass is 10.00. The number of hydrogen-bond acceptors (Lipinski definition) is 1. The number of nitrogens with zero attached hydrogens (tertiary/aromatic N) is 1. The molecule has 4 aromatic carbocycles. The van der Waals surface area contributed by atoms with Crippen molar-refractivity contribution in [1.29, 1.82) is 0 Å². The van der Waals surface area contributed by atoms with Crippen LogP contribution in [-0.4, -0.2) is 5.71 Å². The van der Waals surface area contributed by atoms with Gasteiger partial charge in [0, 0.05) is 11.1 Å². The molecule has 0 amide bonds. The van der Waals surface area contributed by atoms with Crippen molar-refractivity contribution in [3.8, 4) is 0 Å². The molecule has 0 aromatic heterocycles. The molecule has 0 spiro atoms. The summed E-state index contributed by atoms with van der Waals surface area (Å²) in [7, 11) is 0. The van der Waals surface area contributed by atoms with Crippen LogP contribution >= 0.6 is 0 Å². The summed E-state index contributed by atoms with van der Waals surface area (Å²) in [6.45, 7) is 2.14. The van der Waals surface area contributed by atoms with Crippen molar-refractivity contribution in [2.75, 3.05) is 0 Å². The molecule has 1 nitrogen and oxygen atoms in total. The molecule has 1 atom stereocenters. The van der Waals surface area contributed by atoms with Crippen molar-refractivity contribution in [2.24, 2.45) is 4.99 Å². The van der Waals surface area contributed by atoms with Gasteiger partial charge in [0.2, 0.25) is 0 Å². The van der Waals surface area contributed by atoms with Gasteiger partial charge in [-0.2, -0.15) is 0 Å². The highest BCUT2D eigenvalue weighted by atomic mass is 14.8. The highest BCUT2D eigenvalue weighted by Gasteiger charge is 2.12. The van der Waals surface area contributed by atoms with Crippen LogP contribution in [0.4, 0.5) is 0 Å². The lowest BCUT2D eigenvalue weighted by Gasteiger charge is -2.14. The van der Waals surface area contributed by atoms with Crippen LogP contribution in [-0.2, 0) is 0 Å². The maximum Gasteiger partial charge on any atom is 0.0941 e. The summed E-state index contributed by atoms with van der Waals surface area (Å²) in [5.74, 6) is 0. The minimum absolute atomic E-state index is 0.0822. The molecule has 0 aliphatic rings. The topological polar surface area (TPSA) is 12.4 Å². The van der Waals surface area contributed by atoms with E-state index in [0.717, 1.165) is 16.8 Å². The minimum atomic E-state index is -0.0822. The van der Waals surface area contributed by atoms with Crippen LogP contribution in [0.1, 0.15) is 33.9 Å². The van der Waals surface area contributed by atoms with Crippen molar-refractivity contribution in [2.45, 2.75) is 13.0 Å². The SMILES string of the molecule is Cc1ccccc1/C=C/C(N=C(c1ccccc1)c1ccccc1)c1ccccc1. The Labute approximate surface area is 179 Å². The van der Waals surface area contributed by atoms with E-state index in [-0.39, 0.29) is 6.04 Å². The molecule has 1 unspecified atom stereocenters. The third kappa shape index (κ3) is 4.82. The summed E-state index contributed by atoms with van der Waals surface area (Å²) in [5, 5.41) is 0. The standard InChI is InChI=1S/C29H25N/c1-23-13-11-12-14-24(23)21-22-28(25-15-5-2-6-16-25)30-29(26-17-7-3-8-18-26)27-19-9-4-10-20-27/h2-22,28H,1H3/b22-21+. The first-order valence-corrected chi connectivity index (χ1v) is 10.3. The highest BCUT2D eigenvalue weighted by Crippen LogP contribution is 2.24. The molecule has 0 radical (unpaired) electrons. The normalized spacial score (nSPS) is 11.9. The van der Waals surface area contributed by atoms with Gasteiger partial charge in [0.15, 0.2) is 0 Å². The lowest BCUT2D eigenvalue weighted by molar-refractivity contribution is 0.917. The van der Waals surface area contributed by atoms with Crippen LogP contribution in [0.2, 0.25) is 0 Å². The first-order chi connectivity index (χ1) is 14.8. The Morgan fingerprint density at radius 3 is 1.70 bits per heavy atom. The summed E-state index contributed by atoms with van der Waals surface area (Å²) in [4.78, 5) is 5.26. The zero-order chi connectivity index (χ0) is 20.6. The Balaban J connectivity index is 1.82. The number of benzene rings is 4. The smallest absolute Gasteiger partial charge is 0.0941 e. The van der Waals surface area contributed by atoms with Crippen molar-refractivity contribution in [1.82, 2.24) is 0 Å². The third-order valence-electron chi connectivity index (χ3n) is 5.15. The molecule has 0 aliphatic heterocycles. The molecule has 0 bridgehead atoms. The van der Waals surface area contributed by atoms with Gasteiger partial charge in [-0.25, -0.2) is 0 Å². The predicted octanol–water partition coefficient (Wildman–Crippen LogP) is 7.29. The van der Waals surface area contributed by atoms with Crippen LogP contribution in [0.25, 0.3) is 6.08 Å². The molecular formula is C29H25N. The summed E-state index contributed by atoms with van der Waals surface area (Å²) >= 11 is 0. The number of aliphatic imine (C=N–C) groups is 1. The molecule has 4 aromatic rings. The summed E-state index contributed by atoms with van der Waals surface area (Å²) in [5.41, 5.74) is 6.89. The van der Waals surface area contributed by atoms with E-state index in [2.05, 4.69) is 116 Å². The van der Waals surface area contributed by atoms with Crippen LogP contribution < -0.4 is 0 Å². The Kier molecular flexibility index (Phi) is 6.31. The Morgan fingerprint density at radius 1 is 0.633 bits per heavy atom. The average Bonchev–Trinajstić information content (AvgIpc) is 2.82. The zero-order valence-corrected chi connectivity index (χ0v) is 17.1. The van der Waals surface area contributed by atoms with Crippen LogP contribution in [0.15, 0.2) is 126 Å². The second-order valence-electron chi connectivity index (χ2n) is 7.28. The van der Waals surface area contributed by atoms with Gasteiger partial charge >= 0.3 is 0 Å². The number of aryl methyl sites for hydroxylation is 1. The van der Waals surface area contributed by atoms with Crippen LogP contribution in [0, 0.1) is 6.92 Å². The van der Waals surface area contributed by atoms with Gasteiger partial charge in [-0.1, -0.05) is 127 Å². The molecule has 0 saturated heterocycles. The van der Waals surface area contributed by atoms with Crippen LogP contribution in [0.5, 0.6) is 0 Å². The molecule has 1 heteroatoms. The Hall–Kier alpha value is -3.71. The molecule has 0 heterocycles. The van der Waals surface area contributed by atoms with E-state index in [1.54, 1.807) is 0 Å². The van der Waals surface area contributed by atoms with E-state index >= 15 is 0 Å².